The van der Waals surface area contributed by atoms with Crippen molar-refractivity contribution in [2.75, 3.05) is 7.11 Å². The molecule has 0 aromatic heterocycles. The number of rotatable bonds is 9. The Kier molecular flexibility index (Phi) is 5.20. The molecule has 0 aliphatic carbocycles. The molecule has 0 bridgehead atoms. The minimum absolute atomic E-state index is 0.158. The molecule has 3 rings (SSSR count). The highest BCUT2D eigenvalue weighted by molar-refractivity contribution is 6.25. The fourth-order valence-corrected chi connectivity index (χ4v) is 3.49. The van der Waals surface area contributed by atoms with Gasteiger partial charge in [-0.15, -0.1) is 0 Å². The molecule has 2 heterocycles. The van der Waals surface area contributed by atoms with Gasteiger partial charge in [0, 0.05) is 6.42 Å². The fourth-order valence-electron chi connectivity index (χ4n) is 3.49. The molecule has 0 saturated carbocycles. The summed E-state index contributed by atoms with van der Waals surface area (Å²) in [6.45, 7) is 1.83. The van der Waals surface area contributed by atoms with Gasteiger partial charge in [-0.1, -0.05) is 31.4 Å². The van der Waals surface area contributed by atoms with Crippen molar-refractivity contribution in [1.29, 1.82) is 0 Å². The van der Waals surface area contributed by atoms with Gasteiger partial charge in [0.25, 0.3) is 11.8 Å². The predicted octanol–water partition coefficient (Wildman–Crippen LogP) is 3.36. The van der Waals surface area contributed by atoms with Crippen molar-refractivity contribution < 1.29 is 19.1 Å². The number of imide groups is 1. The predicted molar refractivity (Wildman–Crippen MR) is 97.1 cm³/mol. The van der Waals surface area contributed by atoms with Crippen LogP contribution in [0.2, 0.25) is 0 Å². The molecule has 138 valence electrons. The maximum atomic E-state index is 12.6. The molecule has 6 heteroatoms. The second-order valence-corrected chi connectivity index (χ2v) is 6.91. The standard InChI is InChI=1S/C20H24N2O4/c1-20(22-18(24)14-10-8-9-11-15(14)19(22)25)16(21-20)12-6-4-3-5-7-13-17(23)26-2/h8-11H,3-7,12-13H2,1-2H3. The van der Waals surface area contributed by atoms with Crippen LogP contribution in [0.15, 0.2) is 29.3 Å². The lowest BCUT2D eigenvalue weighted by Crippen LogP contribution is -2.44. The summed E-state index contributed by atoms with van der Waals surface area (Å²) in [5.74, 6) is -0.668. The van der Waals surface area contributed by atoms with Crippen LogP contribution in [-0.2, 0) is 9.53 Å². The van der Waals surface area contributed by atoms with E-state index in [1.165, 1.54) is 12.0 Å². The summed E-state index contributed by atoms with van der Waals surface area (Å²) < 4.78 is 4.62. The van der Waals surface area contributed by atoms with Gasteiger partial charge < -0.3 is 4.74 Å². The Morgan fingerprint density at radius 2 is 1.62 bits per heavy atom. The maximum Gasteiger partial charge on any atom is 0.305 e. The number of aliphatic imine (C=N–C) groups is 1. The molecule has 0 radical (unpaired) electrons. The number of hydrogen-bond donors (Lipinski definition) is 0. The third kappa shape index (κ3) is 3.41. The summed E-state index contributed by atoms with van der Waals surface area (Å²) in [4.78, 5) is 41.9. The second-order valence-electron chi connectivity index (χ2n) is 6.91. The maximum absolute atomic E-state index is 12.6. The van der Waals surface area contributed by atoms with Crippen LogP contribution in [0, 0.1) is 0 Å². The van der Waals surface area contributed by atoms with Gasteiger partial charge in [0.1, 0.15) is 0 Å². The lowest BCUT2D eigenvalue weighted by atomic mass is 10.0. The van der Waals surface area contributed by atoms with Gasteiger partial charge in [0.15, 0.2) is 5.66 Å². The van der Waals surface area contributed by atoms with Gasteiger partial charge in [0.2, 0.25) is 0 Å². The average molecular weight is 356 g/mol. The van der Waals surface area contributed by atoms with Gasteiger partial charge in [-0.3, -0.25) is 19.4 Å². The summed E-state index contributed by atoms with van der Waals surface area (Å²) in [6.07, 6.45) is 6.17. The number of unbranched alkanes of at least 4 members (excludes halogenated alkanes) is 4. The van der Waals surface area contributed by atoms with Gasteiger partial charge in [-0.25, -0.2) is 4.90 Å². The number of esters is 1. The Labute approximate surface area is 153 Å². The first kappa shape index (κ1) is 18.3. The SMILES string of the molecule is COC(=O)CCCCCCCC1=NC1(C)N1C(=O)c2ccccc2C1=O. The molecule has 0 spiro atoms. The van der Waals surface area contributed by atoms with E-state index in [1.54, 1.807) is 24.3 Å². The van der Waals surface area contributed by atoms with Gasteiger partial charge in [-0.05, 0) is 38.3 Å². The van der Waals surface area contributed by atoms with Crippen molar-refractivity contribution >= 4 is 23.5 Å². The first-order valence-electron chi connectivity index (χ1n) is 9.13. The van der Waals surface area contributed by atoms with Crippen LogP contribution in [0.3, 0.4) is 0 Å². The molecule has 6 nitrogen and oxygen atoms in total. The molecule has 1 atom stereocenters. The van der Waals surface area contributed by atoms with Crippen molar-refractivity contribution in [3.05, 3.63) is 35.4 Å². The lowest BCUT2D eigenvalue weighted by molar-refractivity contribution is -0.140. The molecular formula is C20H24N2O4. The monoisotopic (exact) mass is 356 g/mol. The topological polar surface area (TPSA) is 76.0 Å². The summed E-state index contributed by atoms with van der Waals surface area (Å²) in [7, 11) is 1.41. The minimum atomic E-state index is -0.780. The van der Waals surface area contributed by atoms with E-state index in [-0.39, 0.29) is 17.8 Å². The molecule has 0 fully saturated rings. The van der Waals surface area contributed by atoms with Crippen molar-refractivity contribution in [3.8, 4) is 0 Å². The van der Waals surface area contributed by atoms with Gasteiger partial charge in [-0.2, -0.15) is 0 Å². The number of nitrogens with zero attached hydrogens (tertiary/aromatic N) is 2. The molecule has 0 N–H and O–H groups in total. The van der Waals surface area contributed by atoms with Crippen LogP contribution in [0.1, 0.15) is 72.6 Å². The average Bonchev–Trinajstić information content (AvgIpc) is 3.22. The van der Waals surface area contributed by atoms with E-state index in [4.69, 9.17) is 0 Å². The number of methoxy groups -OCH3 is 1. The third-order valence-electron chi connectivity index (χ3n) is 5.10. The van der Waals surface area contributed by atoms with Crippen LogP contribution < -0.4 is 0 Å². The number of hydrogen-bond acceptors (Lipinski definition) is 5. The highest BCUT2D eigenvalue weighted by Gasteiger charge is 2.55. The minimum Gasteiger partial charge on any atom is -0.469 e. The Morgan fingerprint density at radius 1 is 1.04 bits per heavy atom. The highest BCUT2D eigenvalue weighted by atomic mass is 16.5. The summed E-state index contributed by atoms with van der Waals surface area (Å²) in [6, 6.07) is 6.92. The molecular weight excluding hydrogens is 332 g/mol. The Morgan fingerprint density at radius 3 is 2.23 bits per heavy atom. The van der Waals surface area contributed by atoms with Crippen molar-refractivity contribution in [1.82, 2.24) is 4.90 Å². The third-order valence-corrected chi connectivity index (χ3v) is 5.10. The number of benzene rings is 1. The van der Waals surface area contributed by atoms with Crippen LogP contribution in [0.4, 0.5) is 0 Å². The van der Waals surface area contributed by atoms with Crippen molar-refractivity contribution in [2.45, 2.75) is 57.5 Å². The van der Waals surface area contributed by atoms with Crippen molar-refractivity contribution in [2.24, 2.45) is 4.99 Å². The van der Waals surface area contributed by atoms with Crippen molar-refractivity contribution in [3.63, 3.8) is 0 Å². The van der Waals surface area contributed by atoms with E-state index < -0.39 is 5.66 Å². The molecule has 0 saturated heterocycles. The zero-order valence-corrected chi connectivity index (χ0v) is 15.3. The van der Waals surface area contributed by atoms with Crippen LogP contribution in [0.5, 0.6) is 0 Å². The molecule has 1 aromatic rings. The van der Waals surface area contributed by atoms with Crippen LogP contribution >= 0.6 is 0 Å². The number of carbonyl (C=O) groups is 3. The molecule has 2 amide bonds. The number of ether oxygens (including phenoxy) is 1. The summed E-state index contributed by atoms with van der Waals surface area (Å²) in [5.41, 5.74) is 1.07. The summed E-state index contributed by atoms with van der Waals surface area (Å²) >= 11 is 0. The van der Waals surface area contributed by atoms with E-state index in [0.29, 0.717) is 17.5 Å². The Hall–Kier alpha value is -2.50. The first-order valence-corrected chi connectivity index (χ1v) is 9.13. The Bertz CT molecular complexity index is 736. The van der Waals surface area contributed by atoms with E-state index in [1.807, 2.05) is 6.92 Å². The molecule has 2 aliphatic heterocycles. The zero-order chi connectivity index (χ0) is 18.7. The fraction of sp³-hybridized carbons (Fsp3) is 0.500. The number of amides is 2. The Balaban J connectivity index is 1.42. The van der Waals surface area contributed by atoms with E-state index in [0.717, 1.165) is 44.2 Å². The van der Waals surface area contributed by atoms with Crippen LogP contribution in [-0.4, -0.2) is 41.2 Å². The number of fused-ring (bicyclic) bond motifs is 1. The second kappa shape index (κ2) is 7.40. The van der Waals surface area contributed by atoms with Crippen LogP contribution in [0.25, 0.3) is 0 Å². The molecule has 26 heavy (non-hydrogen) atoms. The summed E-state index contributed by atoms with van der Waals surface area (Å²) in [5, 5.41) is 0. The smallest absolute Gasteiger partial charge is 0.305 e. The highest BCUT2D eigenvalue weighted by Crippen LogP contribution is 2.40. The molecule has 1 unspecified atom stereocenters. The van der Waals surface area contributed by atoms with Gasteiger partial charge in [0.05, 0.1) is 23.9 Å². The van der Waals surface area contributed by atoms with E-state index in [9.17, 15) is 14.4 Å². The van der Waals surface area contributed by atoms with E-state index >= 15 is 0 Å². The number of carbonyl (C=O) groups excluding carboxylic acids is 3. The van der Waals surface area contributed by atoms with E-state index in [2.05, 4.69) is 9.73 Å². The normalized spacial score (nSPS) is 20.8. The first-order chi connectivity index (χ1) is 12.5. The molecule has 2 aliphatic rings. The quantitative estimate of drug-likeness (QED) is 0.386. The van der Waals surface area contributed by atoms with Gasteiger partial charge >= 0.3 is 5.97 Å². The largest absolute Gasteiger partial charge is 0.469 e. The molecule has 1 aromatic carbocycles. The zero-order valence-electron chi connectivity index (χ0n) is 15.3. The lowest BCUT2D eigenvalue weighted by Gasteiger charge is -2.21.